The van der Waals surface area contributed by atoms with Crippen molar-refractivity contribution in [1.82, 2.24) is 29.5 Å². The van der Waals surface area contributed by atoms with Crippen LogP contribution >= 0.6 is 22.6 Å². The van der Waals surface area contributed by atoms with E-state index in [0.29, 0.717) is 61.7 Å². The van der Waals surface area contributed by atoms with E-state index in [-0.39, 0.29) is 38.9 Å². The summed E-state index contributed by atoms with van der Waals surface area (Å²) < 4.78 is 13.1. The first-order valence-electron chi connectivity index (χ1n) is 17.1. The van der Waals surface area contributed by atoms with Crippen LogP contribution in [0.25, 0.3) is 22.8 Å². The number of hydrogen-bond acceptors (Lipinski definition) is 13. The number of aldehydes is 1. The Kier molecular flexibility index (Phi) is 26.8. The molecular weight excluding hydrogens is 823 g/mol. The van der Waals surface area contributed by atoms with Gasteiger partial charge >= 0.3 is 0 Å². The van der Waals surface area contributed by atoms with Crippen molar-refractivity contribution in [3.63, 3.8) is 0 Å². The first kappa shape index (κ1) is 48.3. The average Bonchev–Trinajstić information content (AvgIpc) is 3.99. The molecule has 55 heavy (non-hydrogen) atoms. The minimum Gasteiger partial charge on any atom is -0.467 e. The standard InChI is InChI=1S/C12H13N3O2.C11H13N3O2.C9H7NO2.C3H9NO.C2H6O.CH3I/c1-17-8-7-15-11(9-16)13-12(14-15)10-5-3-2-4-6-10;15-7-6-14-10(8-16)12-11(13-14)9-4-2-1-3-5-9;11-8-6-12-9(10-8)7-4-2-1-3-5-7;4-2-1-3-5;1-2-3;1-2/h2-6,9H,7-8H2,1H3;1-5,15-16H,6-8H2;1-5H,6H2;5H,1-4H2;3H,2H2,1H3;1H3. The van der Waals surface area contributed by atoms with E-state index in [4.69, 9.17) is 35.6 Å². The Balaban J connectivity index is 0.000000371. The number of methoxy groups -OCH3 is 1. The smallest absolute Gasteiger partial charge is 0.286 e. The van der Waals surface area contributed by atoms with Crippen molar-refractivity contribution in [3.8, 4) is 22.8 Å². The number of hydrogen-bond donors (Lipinski definition) is 5. The fraction of sp³-hybridized carbons (Fsp3) is 0.342. The molecule has 0 bridgehead atoms. The number of amides is 1. The third-order valence-corrected chi connectivity index (χ3v) is 6.52. The summed E-state index contributed by atoms with van der Waals surface area (Å²) in [6.45, 7) is 3.97. The molecule has 0 saturated heterocycles. The second-order valence-electron chi connectivity index (χ2n) is 10.5. The van der Waals surface area contributed by atoms with E-state index in [1.807, 2.05) is 95.9 Å². The fourth-order valence-corrected chi connectivity index (χ4v) is 4.10. The van der Waals surface area contributed by atoms with E-state index in [9.17, 15) is 9.59 Å². The van der Waals surface area contributed by atoms with Crippen LogP contribution in [0.1, 0.15) is 35.4 Å². The van der Waals surface area contributed by atoms with E-state index in [2.05, 4.69) is 47.7 Å². The van der Waals surface area contributed by atoms with Crippen LogP contribution in [0.15, 0.2) is 96.0 Å². The first-order valence-corrected chi connectivity index (χ1v) is 19.3. The van der Waals surface area contributed by atoms with Crippen molar-refractivity contribution in [3.05, 3.63) is 108 Å². The van der Waals surface area contributed by atoms with Gasteiger partial charge in [-0.15, -0.1) is 0 Å². The Hall–Kier alpha value is -4.76. The van der Waals surface area contributed by atoms with Crippen LogP contribution in [0, 0.1) is 0 Å². The summed E-state index contributed by atoms with van der Waals surface area (Å²) in [6, 6.07) is 28.5. The Morgan fingerprint density at radius 2 is 1.31 bits per heavy atom. The summed E-state index contributed by atoms with van der Waals surface area (Å²) in [6.07, 6.45) is 1.43. The number of carbonyl (C=O) groups excluding carboxylic acids is 2. The minimum atomic E-state index is -0.214. The first-order chi connectivity index (χ1) is 26.9. The summed E-state index contributed by atoms with van der Waals surface area (Å²) >= 11 is 2.15. The molecule has 298 valence electrons. The molecule has 1 aliphatic heterocycles. The van der Waals surface area contributed by atoms with Crippen LogP contribution in [0.3, 0.4) is 0 Å². The molecule has 2 aromatic heterocycles. The largest absolute Gasteiger partial charge is 0.467 e. The summed E-state index contributed by atoms with van der Waals surface area (Å²) in [5, 5.41) is 42.0. The third-order valence-electron chi connectivity index (χ3n) is 6.52. The fourth-order valence-electron chi connectivity index (χ4n) is 4.10. The van der Waals surface area contributed by atoms with E-state index in [1.165, 1.54) is 4.68 Å². The minimum absolute atomic E-state index is 0.0232. The van der Waals surface area contributed by atoms with E-state index in [1.54, 1.807) is 18.7 Å². The number of ether oxygens (including phenoxy) is 2. The maximum atomic E-state index is 10.9. The number of aliphatic imine (C=N–C) groups is 1. The lowest BCUT2D eigenvalue weighted by Crippen LogP contribution is -2.09. The number of carbonyl (C=O) groups is 2. The molecule has 0 aliphatic carbocycles. The van der Waals surface area contributed by atoms with Gasteiger partial charge in [0.1, 0.15) is 6.61 Å². The topological polar surface area (TPSA) is 233 Å². The molecule has 3 aromatic carbocycles. The Labute approximate surface area is 334 Å². The number of halogens is 1. The highest BCUT2D eigenvalue weighted by molar-refractivity contribution is 14.1. The zero-order valence-electron chi connectivity index (χ0n) is 31.3. The number of aliphatic hydroxyl groups is 4. The van der Waals surface area contributed by atoms with Gasteiger partial charge in [0.2, 0.25) is 5.90 Å². The van der Waals surface area contributed by atoms with Gasteiger partial charge in [-0.2, -0.15) is 15.2 Å². The molecule has 6 rings (SSSR count). The SMILES string of the molecule is CCO.CI.COCCn1nc(-c2ccccc2)nc1C=O.NCCCO.O=C1COC(c2ccccc2)=N1.OCCn1nc(-c2ccccc2)nc1CO. The molecule has 5 aromatic rings. The summed E-state index contributed by atoms with van der Waals surface area (Å²) in [5.74, 6) is 2.13. The van der Waals surface area contributed by atoms with Crippen LogP contribution in [0.4, 0.5) is 0 Å². The zero-order valence-corrected chi connectivity index (χ0v) is 33.5. The highest BCUT2D eigenvalue weighted by Gasteiger charge is 2.16. The van der Waals surface area contributed by atoms with Gasteiger partial charge < -0.3 is 35.6 Å². The molecule has 1 aliphatic rings. The Morgan fingerprint density at radius 1 is 0.800 bits per heavy atom. The monoisotopic (exact) mass is 874 g/mol. The maximum Gasteiger partial charge on any atom is 0.286 e. The quantitative estimate of drug-likeness (QED) is 0.0690. The van der Waals surface area contributed by atoms with Crippen molar-refractivity contribution in [1.29, 1.82) is 0 Å². The van der Waals surface area contributed by atoms with Crippen molar-refractivity contribution in [2.75, 3.05) is 51.6 Å². The molecule has 0 saturated carbocycles. The van der Waals surface area contributed by atoms with E-state index >= 15 is 0 Å². The zero-order chi connectivity index (χ0) is 40.7. The van der Waals surface area contributed by atoms with E-state index < -0.39 is 0 Å². The van der Waals surface area contributed by atoms with Crippen molar-refractivity contribution >= 4 is 40.7 Å². The average molecular weight is 875 g/mol. The van der Waals surface area contributed by atoms with Crippen molar-refractivity contribution in [2.24, 2.45) is 10.7 Å². The predicted octanol–water partition coefficient (Wildman–Crippen LogP) is 3.20. The third kappa shape index (κ3) is 18.4. The highest BCUT2D eigenvalue weighted by Crippen LogP contribution is 2.16. The Bertz CT molecular complexity index is 1760. The molecular formula is C38H51IN8O8. The summed E-state index contributed by atoms with van der Waals surface area (Å²) in [5.41, 5.74) is 7.62. The summed E-state index contributed by atoms with van der Waals surface area (Å²) in [4.78, 5) is 35.7. The molecule has 0 fully saturated rings. The number of nitrogens with two attached hydrogens (primary N) is 1. The molecule has 0 spiro atoms. The number of nitrogens with zero attached hydrogens (tertiary/aromatic N) is 7. The second kappa shape index (κ2) is 30.6. The van der Waals surface area contributed by atoms with Gasteiger partial charge in [-0.3, -0.25) is 9.59 Å². The number of alkyl halides is 1. The van der Waals surface area contributed by atoms with E-state index in [0.717, 1.165) is 23.1 Å². The van der Waals surface area contributed by atoms with Crippen LogP contribution in [0.5, 0.6) is 0 Å². The van der Waals surface area contributed by atoms with Gasteiger partial charge in [0.15, 0.2) is 36.2 Å². The second-order valence-corrected chi connectivity index (χ2v) is 10.5. The van der Waals surface area contributed by atoms with Gasteiger partial charge in [-0.05, 0) is 37.0 Å². The maximum absolute atomic E-state index is 10.9. The van der Waals surface area contributed by atoms with Crippen molar-refractivity contribution in [2.45, 2.75) is 33.0 Å². The van der Waals surface area contributed by atoms with Crippen LogP contribution < -0.4 is 5.73 Å². The molecule has 0 radical (unpaired) electrons. The van der Waals surface area contributed by atoms with Crippen LogP contribution in [0.2, 0.25) is 0 Å². The number of rotatable bonds is 12. The van der Waals surface area contributed by atoms with Crippen molar-refractivity contribution < 1.29 is 39.5 Å². The Morgan fingerprint density at radius 3 is 1.71 bits per heavy atom. The van der Waals surface area contributed by atoms with Gasteiger partial charge in [-0.25, -0.2) is 19.3 Å². The molecule has 16 nitrogen and oxygen atoms in total. The van der Waals surface area contributed by atoms with Gasteiger partial charge in [0, 0.05) is 37.0 Å². The predicted molar refractivity (Wildman–Crippen MR) is 219 cm³/mol. The molecule has 6 N–H and O–H groups in total. The molecule has 3 heterocycles. The molecule has 1 amide bonds. The lowest BCUT2D eigenvalue weighted by Gasteiger charge is -1.99. The molecule has 0 atom stereocenters. The van der Waals surface area contributed by atoms with Gasteiger partial charge in [0.05, 0.1) is 26.3 Å². The number of aliphatic hydroxyl groups excluding tert-OH is 4. The molecule has 17 heteroatoms. The van der Waals surface area contributed by atoms with Gasteiger partial charge in [-0.1, -0.05) is 101 Å². The number of aromatic nitrogens is 6. The summed E-state index contributed by atoms with van der Waals surface area (Å²) in [7, 11) is 1.61. The lowest BCUT2D eigenvalue weighted by atomic mass is 10.2. The van der Waals surface area contributed by atoms with Crippen LogP contribution in [-0.2, 0) is 34.0 Å². The molecule has 0 unspecified atom stereocenters. The van der Waals surface area contributed by atoms with Gasteiger partial charge in [0.25, 0.3) is 5.91 Å². The van der Waals surface area contributed by atoms with Crippen LogP contribution in [-0.4, -0.2) is 120 Å². The highest BCUT2D eigenvalue weighted by atomic mass is 127. The lowest BCUT2D eigenvalue weighted by molar-refractivity contribution is -0.118. The normalized spacial score (nSPS) is 10.9. The number of benzene rings is 3.